The predicted molar refractivity (Wildman–Crippen MR) is 75.9 cm³/mol. The summed E-state index contributed by atoms with van der Waals surface area (Å²) in [5, 5.41) is 9.33. The van der Waals surface area contributed by atoms with Gasteiger partial charge in [-0.3, -0.25) is 4.79 Å². The number of amides is 1. The summed E-state index contributed by atoms with van der Waals surface area (Å²) in [5.74, 6) is -1.34. The topological polar surface area (TPSA) is 76.1 Å². The Hall–Kier alpha value is -1.30. The fourth-order valence-electron chi connectivity index (χ4n) is 3.33. The average Bonchev–Trinajstić information content (AvgIpc) is 2.90. The highest BCUT2D eigenvalue weighted by molar-refractivity contribution is 5.76. The summed E-state index contributed by atoms with van der Waals surface area (Å²) in [7, 11) is 0. The van der Waals surface area contributed by atoms with E-state index in [9.17, 15) is 14.7 Å². The highest BCUT2D eigenvalue weighted by atomic mass is 16.6. The van der Waals surface area contributed by atoms with Crippen LogP contribution in [0, 0.1) is 17.3 Å². The van der Waals surface area contributed by atoms with E-state index in [0.717, 1.165) is 0 Å². The van der Waals surface area contributed by atoms with Crippen molar-refractivity contribution in [2.45, 2.75) is 46.3 Å². The molecule has 21 heavy (non-hydrogen) atoms. The highest BCUT2D eigenvalue weighted by Crippen LogP contribution is 2.61. The van der Waals surface area contributed by atoms with Crippen molar-refractivity contribution in [1.82, 2.24) is 4.90 Å². The van der Waals surface area contributed by atoms with Gasteiger partial charge in [-0.25, -0.2) is 4.79 Å². The maximum absolute atomic E-state index is 12.3. The van der Waals surface area contributed by atoms with Crippen LogP contribution in [-0.4, -0.2) is 53.5 Å². The fourth-order valence-corrected chi connectivity index (χ4v) is 3.33. The molecule has 3 unspecified atom stereocenters. The Labute approximate surface area is 125 Å². The zero-order valence-corrected chi connectivity index (χ0v) is 13.4. The van der Waals surface area contributed by atoms with Gasteiger partial charge < -0.3 is 19.5 Å². The van der Waals surface area contributed by atoms with E-state index in [1.807, 2.05) is 34.6 Å². The number of hydrogen-bond acceptors (Lipinski definition) is 4. The number of aliphatic carboxylic acids is 1. The standard InChI is InChI=1S/C15H25NO5/c1-14(2,3)21-13(19)16-6-7-20-8-9(16)10-11(12(17)18)15(10,4)5/h9-11H,6-8H2,1-5H3,(H,17,18). The van der Waals surface area contributed by atoms with Crippen LogP contribution < -0.4 is 0 Å². The molecule has 2 aliphatic rings. The van der Waals surface area contributed by atoms with Gasteiger partial charge in [0.05, 0.1) is 25.2 Å². The molecule has 1 saturated carbocycles. The minimum absolute atomic E-state index is 0.0946. The summed E-state index contributed by atoms with van der Waals surface area (Å²) in [6.07, 6.45) is -0.386. The summed E-state index contributed by atoms with van der Waals surface area (Å²) in [6, 6.07) is -0.232. The zero-order valence-electron chi connectivity index (χ0n) is 13.4. The van der Waals surface area contributed by atoms with Gasteiger partial charge in [0.2, 0.25) is 0 Å². The van der Waals surface area contributed by atoms with Gasteiger partial charge in [0.25, 0.3) is 0 Å². The van der Waals surface area contributed by atoms with Crippen LogP contribution in [0.1, 0.15) is 34.6 Å². The average molecular weight is 299 g/mol. The number of nitrogens with zero attached hydrogens (tertiary/aromatic N) is 1. The molecule has 1 N–H and O–H groups in total. The Morgan fingerprint density at radius 3 is 2.43 bits per heavy atom. The van der Waals surface area contributed by atoms with Crippen LogP contribution in [0.4, 0.5) is 4.79 Å². The molecular weight excluding hydrogens is 274 g/mol. The van der Waals surface area contributed by atoms with Gasteiger partial charge in [-0.05, 0) is 26.2 Å². The van der Waals surface area contributed by atoms with Gasteiger partial charge in [0.1, 0.15) is 5.60 Å². The summed E-state index contributed by atoms with van der Waals surface area (Å²) in [4.78, 5) is 25.3. The fraction of sp³-hybridized carbons (Fsp3) is 0.867. The molecule has 0 aromatic rings. The van der Waals surface area contributed by atoms with E-state index in [1.54, 1.807) is 4.90 Å². The molecule has 0 bridgehead atoms. The van der Waals surface area contributed by atoms with E-state index in [0.29, 0.717) is 19.8 Å². The molecule has 1 amide bonds. The SMILES string of the molecule is CC(C)(C)OC(=O)N1CCOCC1C1C(C(=O)O)C1(C)C. The first kappa shape index (κ1) is 16.1. The van der Waals surface area contributed by atoms with Crippen LogP contribution in [0.15, 0.2) is 0 Å². The highest BCUT2D eigenvalue weighted by Gasteiger charge is 2.66. The minimum Gasteiger partial charge on any atom is -0.481 e. The van der Waals surface area contributed by atoms with E-state index >= 15 is 0 Å². The zero-order chi connectivity index (χ0) is 16.0. The third-order valence-corrected chi connectivity index (χ3v) is 4.38. The molecule has 6 nitrogen and oxygen atoms in total. The largest absolute Gasteiger partial charge is 0.481 e. The third-order valence-electron chi connectivity index (χ3n) is 4.38. The molecule has 0 aromatic heterocycles. The Kier molecular flexibility index (Phi) is 3.95. The molecule has 3 atom stereocenters. The molecule has 120 valence electrons. The van der Waals surface area contributed by atoms with Crippen molar-refractivity contribution < 1.29 is 24.2 Å². The van der Waals surface area contributed by atoms with Gasteiger partial charge >= 0.3 is 12.1 Å². The second-order valence-corrected chi connectivity index (χ2v) is 7.48. The monoisotopic (exact) mass is 299 g/mol. The number of ether oxygens (including phenoxy) is 2. The van der Waals surface area contributed by atoms with E-state index in [-0.39, 0.29) is 23.5 Å². The second kappa shape index (κ2) is 5.16. The van der Waals surface area contributed by atoms with Crippen LogP contribution in [0.3, 0.4) is 0 Å². The Morgan fingerprint density at radius 1 is 1.33 bits per heavy atom. The smallest absolute Gasteiger partial charge is 0.410 e. The molecule has 1 aliphatic heterocycles. The maximum Gasteiger partial charge on any atom is 0.410 e. The van der Waals surface area contributed by atoms with Crippen molar-refractivity contribution in [3.05, 3.63) is 0 Å². The first-order valence-corrected chi connectivity index (χ1v) is 7.36. The van der Waals surface area contributed by atoms with Gasteiger partial charge in [-0.1, -0.05) is 13.8 Å². The molecule has 0 spiro atoms. The van der Waals surface area contributed by atoms with E-state index in [2.05, 4.69) is 0 Å². The first-order valence-electron chi connectivity index (χ1n) is 7.36. The number of hydrogen-bond donors (Lipinski definition) is 1. The van der Waals surface area contributed by atoms with E-state index in [1.165, 1.54) is 0 Å². The van der Waals surface area contributed by atoms with Crippen LogP contribution in [-0.2, 0) is 14.3 Å². The molecule has 1 heterocycles. The quantitative estimate of drug-likeness (QED) is 0.843. The van der Waals surface area contributed by atoms with Gasteiger partial charge in [0.15, 0.2) is 0 Å². The third kappa shape index (κ3) is 3.15. The molecule has 6 heteroatoms. The summed E-state index contributed by atoms with van der Waals surface area (Å²) in [6.45, 7) is 10.6. The lowest BCUT2D eigenvalue weighted by Gasteiger charge is -2.37. The number of carboxylic acids is 1. The molecule has 2 rings (SSSR count). The van der Waals surface area contributed by atoms with Crippen LogP contribution in [0.5, 0.6) is 0 Å². The summed E-state index contributed by atoms with van der Waals surface area (Å²) >= 11 is 0. The van der Waals surface area contributed by atoms with Crippen molar-refractivity contribution in [3.63, 3.8) is 0 Å². The lowest BCUT2D eigenvalue weighted by Crippen LogP contribution is -2.52. The second-order valence-electron chi connectivity index (χ2n) is 7.48. The predicted octanol–water partition coefficient (Wildman–Crippen LogP) is 1.98. The molecule has 0 radical (unpaired) electrons. The minimum atomic E-state index is -0.806. The van der Waals surface area contributed by atoms with Gasteiger partial charge in [-0.2, -0.15) is 0 Å². The van der Waals surface area contributed by atoms with Crippen molar-refractivity contribution in [2.75, 3.05) is 19.8 Å². The Balaban J connectivity index is 2.14. The Morgan fingerprint density at radius 2 is 1.95 bits per heavy atom. The molecular formula is C15H25NO5. The van der Waals surface area contributed by atoms with Crippen molar-refractivity contribution >= 4 is 12.1 Å². The number of rotatable bonds is 2. The molecule has 0 aromatic carbocycles. The van der Waals surface area contributed by atoms with Crippen molar-refractivity contribution in [3.8, 4) is 0 Å². The van der Waals surface area contributed by atoms with Crippen LogP contribution >= 0.6 is 0 Å². The van der Waals surface area contributed by atoms with E-state index < -0.39 is 17.5 Å². The van der Waals surface area contributed by atoms with Gasteiger partial charge in [-0.15, -0.1) is 0 Å². The Bertz CT molecular complexity index is 440. The normalized spacial score (nSPS) is 31.7. The number of carboxylic acid groups (broad SMARTS) is 1. The number of carbonyl (C=O) groups excluding carboxylic acids is 1. The molecule has 1 saturated heterocycles. The van der Waals surface area contributed by atoms with Crippen molar-refractivity contribution in [1.29, 1.82) is 0 Å². The summed E-state index contributed by atoms with van der Waals surface area (Å²) in [5.41, 5.74) is -0.886. The van der Waals surface area contributed by atoms with E-state index in [4.69, 9.17) is 9.47 Å². The van der Waals surface area contributed by atoms with Crippen LogP contribution in [0.25, 0.3) is 0 Å². The first-order chi connectivity index (χ1) is 9.55. The lowest BCUT2D eigenvalue weighted by molar-refractivity contribution is -0.140. The number of morpholine rings is 1. The summed E-state index contributed by atoms with van der Waals surface area (Å²) < 4.78 is 10.9. The van der Waals surface area contributed by atoms with Gasteiger partial charge in [0, 0.05) is 12.5 Å². The molecule has 2 fully saturated rings. The maximum atomic E-state index is 12.3. The van der Waals surface area contributed by atoms with Crippen molar-refractivity contribution in [2.24, 2.45) is 17.3 Å². The lowest BCUT2D eigenvalue weighted by atomic mass is 10.0. The number of carbonyl (C=O) groups is 2. The molecule has 1 aliphatic carbocycles. The van der Waals surface area contributed by atoms with Crippen LogP contribution in [0.2, 0.25) is 0 Å².